The first-order valence-corrected chi connectivity index (χ1v) is 8.59. The highest BCUT2D eigenvalue weighted by Gasteiger charge is 2.20. The summed E-state index contributed by atoms with van der Waals surface area (Å²) in [5.41, 5.74) is 2.01. The van der Waals surface area contributed by atoms with E-state index in [1.54, 1.807) is 12.1 Å². The Labute approximate surface area is 139 Å². The molecule has 0 aliphatic carbocycles. The Bertz CT molecular complexity index is 808. The fraction of sp³-hybridized carbons (Fsp3) is 0.263. The number of hydrogen-bond acceptors (Lipinski definition) is 4. The number of carbonyl (C=O) groups is 1. The third kappa shape index (κ3) is 3.59. The number of nitrogens with zero attached hydrogens (tertiary/aromatic N) is 1. The van der Waals surface area contributed by atoms with Crippen molar-refractivity contribution in [2.45, 2.75) is 32.1 Å². The van der Waals surface area contributed by atoms with E-state index >= 15 is 0 Å². The normalized spacial score (nSPS) is 12.4. The molecule has 3 rings (SSSR count). The molecule has 1 N–H and O–H groups in total. The minimum absolute atomic E-state index is 0.113. The van der Waals surface area contributed by atoms with Gasteiger partial charge >= 0.3 is 0 Å². The zero-order valence-corrected chi connectivity index (χ0v) is 13.8. The fourth-order valence-corrected chi connectivity index (χ4v) is 3.56. The lowest BCUT2D eigenvalue weighted by molar-refractivity contribution is -0.120. The molecule has 0 saturated heterocycles. The summed E-state index contributed by atoms with van der Waals surface area (Å²) in [5.74, 6) is 0.339. The molecule has 0 amide bonds. The third-order valence-electron chi connectivity index (χ3n) is 4.06. The molecule has 0 fully saturated rings. The smallest absolute Gasteiger partial charge is 0.144 e. The molecular weight excluding hydrogens is 306 g/mol. The maximum Gasteiger partial charge on any atom is 0.144 e. The van der Waals surface area contributed by atoms with Crippen LogP contribution in [0.3, 0.4) is 0 Å². The number of rotatable bonds is 6. The number of phenols is 1. The molecule has 23 heavy (non-hydrogen) atoms. The fourth-order valence-electron chi connectivity index (χ4n) is 2.85. The van der Waals surface area contributed by atoms with Gasteiger partial charge in [-0.2, -0.15) is 4.37 Å². The van der Waals surface area contributed by atoms with E-state index in [0.29, 0.717) is 6.42 Å². The van der Waals surface area contributed by atoms with Crippen molar-refractivity contribution < 1.29 is 9.90 Å². The van der Waals surface area contributed by atoms with E-state index in [1.165, 1.54) is 11.5 Å². The van der Waals surface area contributed by atoms with E-state index in [4.69, 9.17) is 0 Å². The molecule has 0 spiro atoms. The number of fused-ring (bicyclic) bond motifs is 1. The Balaban J connectivity index is 1.81. The molecule has 3 aromatic rings. The van der Waals surface area contributed by atoms with Crippen LogP contribution in [-0.2, 0) is 11.2 Å². The van der Waals surface area contributed by atoms with Gasteiger partial charge in [-0.1, -0.05) is 37.6 Å². The van der Waals surface area contributed by atoms with Crippen molar-refractivity contribution in [3.63, 3.8) is 0 Å². The van der Waals surface area contributed by atoms with Crippen molar-refractivity contribution in [2.24, 2.45) is 0 Å². The first-order valence-electron chi connectivity index (χ1n) is 7.82. The number of hydrogen-bond donors (Lipinski definition) is 1. The van der Waals surface area contributed by atoms with Crippen molar-refractivity contribution >= 4 is 27.4 Å². The lowest BCUT2D eigenvalue weighted by Gasteiger charge is -2.16. The molecule has 0 aliphatic heterocycles. The van der Waals surface area contributed by atoms with Crippen LogP contribution in [0, 0.1) is 0 Å². The van der Waals surface area contributed by atoms with Gasteiger partial charge in [-0.3, -0.25) is 4.79 Å². The van der Waals surface area contributed by atoms with E-state index in [-0.39, 0.29) is 17.5 Å². The van der Waals surface area contributed by atoms with Gasteiger partial charge in [0.25, 0.3) is 0 Å². The topological polar surface area (TPSA) is 50.2 Å². The summed E-state index contributed by atoms with van der Waals surface area (Å²) >= 11 is 1.46. The maximum absolute atomic E-state index is 12.8. The van der Waals surface area contributed by atoms with Gasteiger partial charge in [-0.25, -0.2) is 0 Å². The van der Waals surface area contributed by atoms with Crippen LogP contribution in [-0.4, -0.2) is 15.3 Å². The van der Waals surface area contributed by atoms with E-state index in [2.05, 4.69) is 17.4 Å². The van der Waals surface area contributed by atoms with Gasteiger partial charge in [-0.05, 0) is 47.3 Å². The minimum atomic E-state index is -0.113. The summed E-state index contributed by atoms with van der Waals surface area (Å²) in [5, 5.41) is 10.6. The highest BCUT2D eigenvalue weighted by Crippen LogP contribution is 2.27. The molecule has 118 valence electrons. The molecule has 0 radical (unpaired) electrons. The van der Waals surface area contributed by atoms with E-state index in [9.17, 15) is 9.90 Å². The lowest BCUT2D eigenvalue weighted by Crippen LogP contribution is -2.15. The van der Waals surface area contributed by atoms with Crippen molar-refractivity contribution in [2.75, 3.05) is 0 Å². The average Bonchev–Trinajstić information content (AvgIpc) is 3.01. The van der Waals surface area contributed by atoms with Gasteiger partial charge < -0.3 is 5.11 Å². The number of aromatic nitrogens is 1. The molecule has 1 atom stereocenters. The van der Waals surface area contributed by atoms with E-state index < -0.39 is 0 Å². The van der Waals surface area contributed by atoms with Gasteiger partial charge in [0, 0.05) is 23.9 Å². The summed E-state index contributed by atoms with van der Waals surface area (Å²) in [7, 11) is 0. The van der Waals surface area contributed by atoms with E-state index in [0.717, 1.165) is 34.1 Å². The van der Waals surface area contributed by atoms with Crippen LogP contribution in [0.25, 0.3) is 10.1 Å². The van der Waals surface area contributed by atoms with Crippen LogP contribution in [0.15, 0.2) is 48.7 Å². The van der Waals surface area contributed by atoms with Gasteiger partial charge in [0.05, 0.1) is 4.70 Å². The molecule has 4 heteroatoms. The van der Waals surface area contributed by atoms with Crippen LogP contribution in [0.4, 0.5) is 0 Å². The van der Waals surface area contributed by atoms with Gasteiger partial charge in [0.2, 0.25) is 0 Å². The first-order chi connectivity index (χ1) is 11.2. The predicted molar refractivity (Wildman–Crippen MR) is 94.1 cm³/mol. The van der Waals surface area contributed by atoms with Crippen LogP contribution < -0.4 is 0 Å². The van der Waals surface area contributed by atoms with Crippen LogP contribution >= 0.6 is 11.5 Å². The van der Waals surface area contributed by atoms with Crippen LogP contribution in [0.5, 0.6) is 5.75 Å². The van der Waals surface area contributed by atoms with Gasteiger partial charge in [0.15, 0.2) is 0 Å². The van der Waals surface area contributed by atoms with Crippen LogP contribution in [0.2, 0.25) is 0 Å². The van der Waals surface area contributed by atoms with E-state index in [1.807, 2.05) is 30.5 Å². The standard InChI is InChI=1S/C19H19NO2S/c1-2-3-17(14-6-8-16(21)9-7-14)18(22)10-13-4-5-15-12-20-23-19(15)11-13/h4-9,11-12,17,21H,2-3,10H2,1H3. The number of carbonyl (C=O) groups excluding carboxylic acids is 1. The number of aromatic hydroxyl groups is 1. The Morgan fingerprint density at radius 1 is 1.22 bits per heavy atom. The monoisotopic (exact) mass is 325 g/mol. The number of ketones is 1. The molecule has 2 aromatic carbocycles. The van der Waals surface area contributed by atoms with Crippen molar-refractivity contribution in [3.8, 4) is 5.75 Å². The van der Waals surface area contributed by atoms with Crippen molar-refractivity contribution in [3.05, 3.63) is 59.8 Å². The lowest BCUT2D eigenvalue weighted by atomic mass is 9.87. The first kappa shape index (κ1) is 15.7. The molecule has 3 nitrogen and oxygen atoms in total. The summed E-state index contributed by atoms with van der Waals surface area (Å²) in [4.78, 5) is 12.8. The summed E-state index contributed by atoms with van der Waals surface area (Å²) in [6.45, 7) is 2.09. The second kappa shape index (κ2) is 6.92. The molecule has 0 saturated carbocycles. The quantitative estimate of drug-likeness (QED) is 0.715. The predicted octanol–water partition coefficient (Wildman–Crippen LogP) is 4.70. The maximum atomic E-state index is 12.8. The molecule has 0 bridgehead atoms. The summed E-state index contributed by atoms with van der Waals surface area (Å²) in [6, 6.07) is 13.1. The second-order valence-corrected chi connectivity index (χ2v) is 6.61. The van der Waals surface area contributed by atoms with Gasteiger partial charge in [-0.15, -0.1) is 0 Å². The molecule has 1 unspecified atom stereocenters. The molecule has 0 aliphatic rings. The summed E-state index contributed by atoms with van der Waals surface area (Å²) in [6.07, 6.45) is 4.05. The molecular formula is C19H19NO2S. The minimum Gasteiger partial charge on any atom is -0.508 e. The largest absolute Gasteiger partial charge is 0.508 e. The third-order valence-corrected chi connectivity index (χ3v) is 4.82. The highest BCUT2D eigenvalue weighted by atomic mass is 32.1. The van der Waals surface area contributed by atoms with Crippen molar-refractivity contribution in [1.82, 2.24) is 4.37 Å². The zero-order chi connectivity index (χ0) is 16.2. The SMILES string of the molecule is CCCC(C(=O)Cc1ccc2cnsc2c1)c1ccc(O)cc1. The zero-order valence-electron chi connectivity index (χ0n) is 13.0. The molecule has 1 aromatic heterocycles. The Kier molecular flexibility index (Phi) is 4.72. The molecule has 1 heterocycles. The number of benzene rings is 2. The number of Topliss-reactive ketones (excluding diaryl/α,β-unsaturated/α-hetero) is 1. The Hall–Kier alpha value is -2.20. The van der Waals surface area contributed by atoms with Crippen molar-refractivity contribution in [1.29, 1.82) is 0 Å². The van der Waals surface area contributed by atoms with Gasteiger partial charge in [0.1, 0.15) is 11.5 Å². The second-order valence-electron chi connectivity index (χ2n) is 5.77. The Morgan fingerprint density at radius 2 is 2.00 bits per heavy atom. The Morgan fingerprint density at radius 3 is 2.74 bits per heavy atom. The summed E-state index contributed by atoms with van der Waals surface area (Å²) < 4.78 is 5.29. The van der Waals surface area contributed by atoms with Crippen LogP contribution in [0.1, 0.15) is 36.8 Å². The number of phenolic OH excluding ortho intramolecular Hbond substituents is 1. The highest BCUT2D eigenvalue weighted by molar-refractivity contribution is 7.13. The average molecular weight is 325 g/mol.